The maximum absolute atomic E-state index is 12.2. The molecular weight excluding hydrogens is 320 g/mol. The van der Waals surface area contributed by atoms with Gasteiger partial charge in [0, 0.05) is 5.92 Å². The molecule has 5 heteroatoms. The van der Waals surface area contributed by atoms with E-state index >= 15 is 0 Å². The van der Waals surface area contributed by atoms with Gasteiger partial charge in [-0.05, 0) is 44.9 Å². The largest absolute Gasteiger partial charge is 0.466 e. The van der Waals surface area contributed by atoms with E-state index in [2.05, 4.69) is 6.58 Å². The number of hydrogen-bond acceptors (Lipinski definition) is 5. The van der Waals surface area contributed by atoms with E-state index in [1.807, 2.05) is 26.0 Å². The van der Waals surface area contributed by atoms with Gasteiger partial charge < -0.3 is 14.2 Å². The lowest BCUT2D eigenvalue weighted by Crippen LogP contribution is -2.40. The number of carbonyl (C=O) groups excluding carboxylic acids is 2. The molecule has 0 spiro atoms. The highest BCUT2D eigenvalue weighted by Crippen LogP contribution is 2.42. The Morgan fingerprint density at radius 1 is 1.24 bits per heavy atom. The molecule has 1 aromatic carbocycles. The highest BCUT2D eigenvalue weighted by Gasteiger charge is 2.41. The number of rotatable bonds is 5. The van der Waals surface area contributed by atoms with Gasteiger partial charge in [-0.15, -0.1) is 0 Å². The Balaban J connectivity index is 2.23. The van der Waals surface area contributed by atoms with E-state index in [9.17, 15) is 9.59 Å². The van der Waals surface area contributed by atoms with Crippen molar-refractivity contribution in [3.63, 3.8) is 0 Å². The molecule has 1 aromatic rings. The van der Waals surface area contributed by atoms with Crippen LogP contribution in [0.4, 0.5) is 0 Å². The van der Waals surface area contributed by atoms with Gasteiger partial charge >= 0.3 is 11.9 Å². The van der Waals surface area contributed by atoms with Crippen LogP contribution in [0.25, 0.3) is 0 Å². The first-order valence-electron chi connectivity index (χ1n) is 8.54. The van der Waals surface area contributed by atoms with Crippen molar-refractivity contribution < 1.29 is 23.8 Å². The molecule has 1 heterocycles. The molecule has 0 radical (unpaired) electrons. The molecule has 0 bridgehead atoms. The molecular formula is C20H26O5. The quantitative estimate of drug-likeness (QED) is 0.601. The second-order valence-electron chi connectivity index (χ2n) is 6.42. The summed E-state index contributed by atoms with van der Waals surface area (Å²) >= 11 is 0. The SMILES string of the molecule is C=C(C)[C@H]1C[C@H](C(=O)OCC)[C@H](C)O[C@@H]1c1ccc(C(=O)OC)cc1. The van der Waals surface area contributed by atoms with Gasteiger partial charge in [0.25, 0.3) is 0 Å². The number of carbonyl (C=O) groups is 2. The molecule has 0 aromatic heterocycles. The number of ether oxygens (including phenoxy) is 3. The zero-order chi connectivity index (χ0) is 18.6. The van der Waals surface area contributed by atoms with Crippen LogP contribution in [0.2, 0.25) is 0 Å². The van der Waals surface area contributed by atoms with Crippen LogP contribution in [0.5, 0.6) is 0 Å². The zero-order valence-corrected chi connectivity index (χ0v) is 15.3. The molecule has 1 aliphatic heterocycles. The molecule has 136 valence electrons. The van der Waals surface area contributed by atoms with Crippen molar-refractivity contribution >= 4 is 11.9 Å². The summed E-state index contributed by atoms with van der Waals surface area (Å²) in [7, 11) is 1.36. The summed E-state index contributed by atoms with van der Waals surface area (Å²) in [6.45, 7) is 10.1. The van der Waals surface area contributed by atoms with Crippen molar-refractivity contribution in [2.75, 3.05) is 13.7 Å². The fourth-order valence-electron chi connectivity index (χ4n) is 3.24. The topological polar surface area (TPSA) is 61.8 Å². The first kappa shape index (κ1) is 19.2. The molecule has 0 aliphatic carbocycles. The van der Waals surface area contributed by atoms with Gasteiger partial charge in [0.1, 0.15) is 0 Å². The van der Waals surface area contributed by atoms with E-state index in [1.165, 1.54) is 7.11 Å². The zero-order valence-electron chi connectivity index (χ0n) is 15.3. The maximum atomic E-state index is 12.2. The van der Waals surface area contributed by atoms with Crippen LogP contribution in [-0.2, 0) is 19.0 Å². The minimum absolute atomic E-state index is 0.00887. The Hall–Kier alpha value is -2.14. The van der Waals surface area contributed by atoms with Crippen LogP contribution in [-0.4, -0.2) is 31.8 Å². The first-order valence-corrected chi connectivity index (χ1v) is 8.54. The van der Waals surface area contributed by atoms with E-state index in [-0.39, 0.29) is 36.0 Å². The summed E-state index contributed by atoms with van der Waals surface area (Å²) in [5.41, 5.74) is 2.41. The lowest BCUT2D eigenvalue weighted by molar-refractivity contribution is -0.166. The fourth-order valence-corrected chi connectivity index (χ4v) is 3.24. The van der Waals surface area contributed by atoms with Crippen LogP contribution >= 0.6 is 0 Å². The molecule has 1 aliphatic rings. The van der Waals surface area contributed by atoms with Gasteiger partial charge in [-0.3, -0.25) is 4.79 Å². The van der Waals surface area contributed by atoms with E-state index in [4.69, 9.17) is 14.2 Å². The van der Waals surface area contributed by atoms with E-state index in [0.717, 1.165) is 11.1 Å². The fraction of sp³-hybridized carbons (Fsp3) is 0.500. The second-order valence-corrected chi connectivity index (χ2v) is 6.42. The molecule has 1 fully saturated rings. The van der Waals surface area contributed by atoms with Crippen LogP contribution < -0.4 is 0 Å². The monoisotopic (exact) mass is 346 g/mol. The maximum Gasteiger partial charge on any atom is 0.337 e. The summed E-state index contributed by atoms with van der Waals surface area (Å²) in [6.07, 6.45) is 0.184. The third kappa shape index (κ3) is 4.28. The molecule has 0 N–H and O–H groups in total. The lowest BCUT2D eigenvalue weighted by Gasteiger charge is -2.40. The van der Waals surface area contributed by atoms with Crippen molar-refractivity contribution in [1.29, 1.82) is 0 Å². The summed E-state index contributed by atoms with van der Waals surface area (Å²) in [4.78, 5) is 23.8. The van der Waals surface area contributed by atoms with Crippen LogP contribution in [0, 0.1) is 11.8 Å². The van der Waals surface area contributed by atoms with Gasteiger partial charge in [-0.1, -0.05) is 24.3 Å². The number of benzene rings is 1. The predicted molar refractivity (Wildman–Crippen MR) is 94.1 cm³/mol. The highest BCUT2D eigenvalue weighted by molar-refractivity contribution is 5.89. The van der Waals surface area contributed by atoms with Crippen molar-refractivity contribution in [1.82, 2.24) is 0 Å². The smallest absolute Gasteiger partial charge is 0.337 e. The summed E-state index contributed by atoms with van der Waals surface area (Å²) in [5.74, 6) is -0.883. The molecule has 2 rings (SSSR count). The Morgan fingerprint density at radius 3 is 2.40 bits per heavy atom. The molecule has 25 heavy (non-hydrogen) atoms. The van der Waals surface area contributed by atoms with Gasteiger partial charge in [-0.25, -0.2) is 4.79 Å². The standard InChI is InChI=1S/C20H26O5/c1-6-24-20(22)17-11-16(12(2)3)18(25-13(17)4)14-7-9-15(10-8-14)19(21)23-5/h7-10,13,16-18H,2,6,11H2,1,3-5H3/t13-,16+,17-,18+/m0/s1. The van der Waals surface area contributed by atoms with E-state index < -0.39 is 0 Å². The number of hydrogen-bond donors (Lipinski definition) is 0. The molecule has 1 saturated heterocycles. The second kappa shape index (κ2) is 8.30. The van der Waals surface area contributed by atoms with Crippen molar-refractivity contribution in [2.45, 2.75) is 39.4 Å². The third-order valence-electron chi connectivity index (χ3n) is 4.68. The van der Waals surface area contributed by atoms with Crippen molar-refractivity contribution in [3.8, 4) is 0 Å². The average molecular weight is 346 g/mol. The van der Waals surface area contributed by atoms with Gasteiger partial charge in [0.2, 0.25) is 0 Å². The minimum Gasteiger partial charge on any atom is -0.466 e. The van der Waals surface area contributed by atoms with E-state index in [0.29, 0.717) is 18.6 Å². The Bertz CT molecular complexity index is 634. The summed E-state index contributed by atoms with van der Waals surface area (Å²) < 4.78 is 16.1. The minimum atomic E-state index is -0.372. The normalized spacial score (nSPS) is 25.9. The molecule has 0 amide bonds. The molecule has 0 unspecified atom stereocenters. The van der Waals surface area contributed by atoms with Gasteiger partial charge in [0.05, 0.1) is 37.4 Å². The van der Waals surface area contributed by atoms with Gasteiger partial charge in [-0.2, -0.15) is 0 Å². The van der Waals surface area contributed by atoms with Crippen molar-refractivity contribution in [3.05, 3.63) is 47.5 Å². The Kier molecular flexibility index (Phi) is 6.37. The predicted octanol–water partition coefficient (Wildman–Crippen LogP) is 3.69. The first-order chi connectivity index (χ1) is 11.9. The van der Waals surface area contributed by atoms with Crippen LogP contribution in [0.15, 0.2) is 36.4 Å². The summed E-state index contributed by atoms with van der Waals surface area (Å²) in [6, 6.07) is 7.18. The van der Waals surface area contributed by atoms with E-state index in [1.54, 1.807) is 19.1 Å². The average Bonchev–Trinajstić information content (AvgIpc) is 2.60. The number of esters is 2. The third-order valence-corrected chi connectivity index (χ3v) is 4.68. The van der Waals surface area contributed by atoms with Gasteiger partial charge in [0.15, 0.2) is 0 Å². The Morgan fingerprint density at radius 2 is 1.88 bits per heavy atom. The van der Waals surface area contributed by atoms with Crippen LogP contribution in [0.3, 0.4) is 0 Å². The molecule has 0 saturated carbocycles. The molecule has 5 nitrogen and oxygen atoms in total. The highest BCUT2D eigenvalue weighted by atomic mass is 16.5. The van der Waals surface area contributed by atoms with Crippen LogP contribution in [0.1, 0.15) is 49.2 Å². The summed E-state index contributed by atoms with van der Waals surface area (Å²) in [5, 5.41) is 0. The Labute approximate surface area is 149 Å². The lowest BCUT2D eigenvalue weighted by atomic mass is 9.78. The van der Waals surface area contributed by atoms with Crippen molar-refractivity contribution in [2.24, 2.45) is 11.8 Å². The molecule has 4 atom stereocenters. The number of methoxy groups -OCH3 is 1.